The van der Waals surface area contributed by atoms with Crippen LogP contribution < -0.4 is 0 Å². The number of benzene rings is 6. The van der Waals surface area contributed by atoms with Crippen molar-refractivity contribution in [3.8, 4) is 56.5 Å². The van der Waals surface area contributed by atoms with Crippen LogP contribution in [-0.2, 0) is 0 Å². The molecule has 1 aliphatic rings. The van der Waals surface area contributed by atoms with E-state index in [9.17, 15) is 0 Å². The van der Waals surface area contributed by atoms with Crippen LogP contribution >= 0.6 is 11.3 Å². The fourth-order valence-corrected chi connectivity index (χ4v) is 8.41. The predicted octanol–water partition coefficient (Wildman–Crippen LogP) is 11.5. The highest BCUT2D eigenvalue weighted by Gasteiger charge is 2.23. The predicted molar refractivity (Wildman–Crippen MR) is 219 cm³/mol. The van der Waals surface area contributed by atoms with Crippen molar-refractivity contribution in [3.05, 3.63) is 163 Å². The zero-order chi connectivity index (χ0) is 35.5. The quantitative estimate of drug-likeness (QED) is 0.187. The van der Waals surface area contributed by atoms with Crippen molar-refractivity contribution in [3.63, 3.8) is 0 Å². The van der Waals surface area contributed by atoms with Crippen LogP contribution in [-0.4, -0.2) is 31.4 Å². The first-order valence-electron chi connectivity index (χ1n) is 17.3. The highest BCUT2D eigenvalue weighted by atomic mass is 32.1. The molecule has 0 aliphatic heterocycles. The summed E-state index contributed by atoms with van der Waals surface area (Å²) in [5, 5.41) is 20.7. The maximum atomic E-state index is 8.88. The van der Waals surface area contributed by atoms with Crippen LogP contribution in [0.5, 0.6) is 0 Å². The van der Waals surface area contributed by atoms with E-state index in [2.05, 4.69) is 66.7 Å². The van der Waals surface area contributed by atoms with E-state index in [4.69, 9.17) is 30.8 Å². The van der Waals surface area contributed by atoms with Crippen molar-refractivity contribution in [1.29, 1.82) is 10.8 Å². The van der Waals surface area contributed by atoms with Crippen molar-refractivity contribution in [2.45, 2.75) is 0 Å². The van der Waals surface area contributed by atoms with Gasteiger partial charge in [0.15, 0.2) is 17.5 Å². The number of fused-ring (bicyclic) bond motifs is 6. The Labute approximate surface area is 308 Å². The van der Waals surface area contributed by atoms with Crippen molar-refractivity contribution >= 4 is 59.9 Å². The minimum atomic E-state index is 0.175. The van der Waals surface area contributed by atoms with E-state index in [1.165, 1.54) is 25.7 Å². The molecule has 1 aliphatic carbocycles. The molecule has 6 nitrogen and oxygen atoms in total. The third-order valence-electron chi connectivity index (χ3n) is 9.79. The van der Waals surface area contributed by atoms with Gasteiger partial charge >= 0.3 is 0 Å². The fraction of sp³-hybridized carbons (Fsp3) is 0. The van der Waals surface area contributed by atoms with Crippen molar-refractivity contribution in [2.75, 3.05) is 0 Å². The molecule has 3 aromatic heterocycles. The van der Waals surface area contributed by atoms with E-state index in [0.29, 0.717) is 28.6 Å². The number of hydrogen-bond acceptors (Lipinski definition) is 7. The molecule has 0 bridgehead atoms. The fourth-order valence-electron chi connectivity index (χ4n) is 7.17. The number of rotatable bonds is 5. The standard InChI is InChI=1S/C46H28N6S/c47-37-25-24-36-40(41(37)48)35-23-22-31(26-38(35)49-42(36)28-10-3-1-4-11-28)46-51-44(29-12-5-2-6-13-29)50-45(52-46)30-20-18-27(19-21-30)32-15-9-16-34-33-14-7-8-17-39(33)53-43(32)34/h1-26,47-48H. The van der Waals surface area contributed by atoms with Gasteiger partial charge in [0.25, 0.3) is 0 Å². The molecule has 0 atom stereocenters. The molecular formula is C46H28N6S. The Hall–Kier alpha value is -6.96. The number of nitrogens with zero attached hydrogens (tertiary/aromatic N) is 4. The van der Waals surface area contributed by atoms with Crippen LogP contribution in [0.2, 0.25) is 0 Å². The lowest BCUT2D eigenvalue weighted by Gasteiger charge is -2.19. The summed E-state index contributed by atoms with van der Waals surface area (Å²) >= 11 is 1.83. The number of aromatic nitrogens is 4. The minimum absolute atomic E-state index is 0.175. The van der Waals surface area contributed by atoms with Crippen molar-refractivity contribution < 1.29 is 0 Å². The van der Waals surface area contributed by atoms with Crippen molar-refractivity contribution in [2.24, 2.45) is 0 Å². The van der Waals surface area contributed by atoms with E-state index in [1.54, 1.807) is 6.08 Å². The van der Waals surface area contributed by atoms with Gasteiger partial charge in [-0.05, 0) is 35.4 Å². The van der Waals surface area contributed by atoms with Gasteiger partial charge in [-0.25, -0.2) is 19.9 Å². The number of thiophene rings is 1. The number of nitrogens with one attached hydrogen (secondary N) is 2. The van der Waals surface area contributed by atoms with E-state index >= 15 is 0 Å². The lowest BCUT2D eigenvalue weighted by atomic mass is 9.88. The summed E-state index contributed by atoms with van der Waals surface area (Å²) in [5.74, 6) is 1.68. The van der Waals surface area contributed by atoms with E-state index in [-0.39, 0.29) is 11.4 Å². The summed E-state index contributed by atoms with van der Waals surface area (Å²) in [6, 6.07) is 49.5. The van der Waals surface area contributed by atoms with Gasteiger partial charge in [-0.2, -0.15) is 0 Å². The molecule has 3 heterocycles. The number of pyridine rings is 1. The van der Waals surface area contributed by atoms with Crippen LogP contribution in [0.1, 0.15) is 11.1 Å². The molecule has 0 spiro atoms. The Kier molecular flexibility index (Phi) is 7.19. The summed E-state index contributed by atoms with van der Waals surface area (Å²) < 4.78 is 2.56. The topological polar surface area (TPSA) is 99.3 Å². The van der Waals surface area contributed by atoms with E-state index < -0.39 is 0 Å². The Morgan fingerprint density at radius 1 is 0.453 bits per heavy atom. The molecule has 0 fully saturated rings. The highest BCUT2D eigenvalue weighted by Crippen LogP contribution is 2.40. The monoisotopic (exact) mass is 696 g/mol. The second kappa shape index (κ2) is 12.4. The Morgan fingerprint density at radius 2 is 1.06 bits per heavy atom. The van der Waals surface area contributed by atoms with Gasteiger partial charge < -0.3 is 0 Å². The molecule has 53 heavy (non-hydrogen) atoms. The summed E-state index contributed by atoms with van der Waals surface area (Å²) in [7, 11) is 0. The van der Waals surface area contributed by atoms with Gasteiger partial charge in [0.05, 0.1) is 22.6 Å². The largest absolute Gasteiger partial charge is 0.299 e. The summed E-state index contributed by atoms with van der Waals surface area (Å²) in [6.07, 6.45) is 3.57. The maximum Gasteiger partial charge on any atom is 0.164 e. The molecular weight excluding hydrogens is 669 g/mol. The first-order valence-corrected chi connectivity index (χ1v) is 18.1. The second-order valence-corrected chi connectivity index (χ2v) is 14.1. The first kappa shape index (κ1) is 30.8. The lowest BCUT2D eigenvalue weighted by molar-refractivity contribution is 1.07. The van der Waals surface area contributed by atoms with Crippen LogP contribution in [0.25, 0.3) is 93.7 Å². The third-order valence-corrected chi connectivity index (χ3v) is 11.0. The smallest absolute Gasteiger partial charge is 0.164 e. The molecule has 0 saturated heterocycles. The molecule has 0 amide bonds. The first-order chi connectivity index (χ1) is 26.1. The van der Waals surface area contributed by atoms with Gasteiger partial charge in [0, 0.05) is 58.9 Å². The summed E-state index contributed by atoms with van der Waals surface area (Å²) in [6.45, 7) is 0. The molecule has 0 unspecified atom stereocenters. The van der Waals surface area contributed by atoms with Gasteiger partial charge in [-0.1, -0.05) is 133 Å². The molecule has 0 saturated carbocycles. The SMILES string of the molecule is N=C1C=Cc2c(-c3ccccc3)nc3cc(-c4nc(-c5ccccc5)nc(-c5ccc(-c6cccc7c6sc6ccccc67)cc5)n4)ccc3c2C1=N. The van der Waals surface area contributed by atoms with Crippen molar-refractivity contribution in [1.82, 2.24) is 19.9 Å². The van der Waals surface area contributed by atoms with Crippen LogP contribution in [0.4, 0.5) is 0 Å². The molecule has 6 aromatic carbocycles. The average molecular weight is 697 g/mol. The normalized spacial score (nSPS) is 12.5. The highest BCUT2D eigenvalue weighted by molar-refractivity contribution is 7.26. The molecule has 248 valence electrons. The van der Waals surface area contributed by atoms with Gasteiger partial charge in [-0.15, -0.1) is 11.3 Å². The summed E-state index contributed by atoms with van der Waals surface area (Å²) in [5.41, 5.74) is 9.23. The molecule has 2 N–H and O–H groups in total. The number of allylic oxidation sites excluding steroid dienone is 1. The minimum Gasteiger partial charge on any atom is -0.299 e. The van der Waals surface area contributed by atoms with Crippen LogP contribution in [0.3, 0.4) is 0 Å². The Bertz CT molecular complexity index is 2970. The van der Waals surface area contributed by atoms with Crippen LogP contribution in [0.15, 0.2) is 152 Å². The Balaban J connectivity index is 1.11. The van der Waals surface area contributed by atoms with Gasteiger partial charge in [0.2, 0.25) is 0 Å². The molecule has 7 heteroatoms. The molecule has 9 aromatic rings. The molecule has 10 rings (SSSR count). The zero-order valence-corrected chi connectivity index (χ0v) is 29.0. The van der Waals surface area contributed by atoms with E-state index in [1.807, 2.05) is 96.3 Å². The Morgan fingerprint density at radius 3 is 1.81 bits per heavy atom. The third kappa shape index (κ3) is 5.25. The zero-order valence-electron chi connectivity index (χ0n) is 28.2. The van der Waals surface area contributed by atoms with Gasteiger partial charge in [-0.3, -0.25) is 10.8 Å². The number of hydrogen-bond donors (Lipinski definition) is 2. The summed E-state index contributed by atoms with van der Waals surface area (Å²) in [4.78, 5) is 20.2. The maximum absolute atomic E-state index is 8.88. The van der Waals surface area contributed by atoms with Gasteiger partial charge in [0.1, 0.15) is 0 Å². The van der Waals surface area contributed by atoms with Crippen LogP contribution in [0, 0.1) is 10.8 Å². The average Bonchev–Trinajstić information content (AvgIpc) is 3.61. The second-order valence-electron chi connectivity index (χ2n) is 13.0. The molecule has 0 radical (unpaired) electrons. The lowest BCUT2D eigenvalue weighted by Crippen LogP contribution is -2.17. The van der Waals surface area contributed by atoms with E-state index in [0.717, 1.165) is 44.5 Å².